The van der Waals surface area contributed by atoms with E-state index in [-0.39, 0.29) is 19.5 Å². The zero-order valence-electron chi connectivity index (χ0n) is 2.51. The Morgan fingerprint density at radius 2 is 1.40 bits per heavy atom. The van der Waals surface area contributed by atoms with Gasteiger partial charge in [0.15, 0.2) is 0 Å². The Bertz CT molecular complexity index is 29.9. The molecule has 0 atom stereocenters. The van der Waals surface area contributed by atoms with Crippen LogP contribution in [0.15, 0.2) is 0 Å². The summed E-state index contributed by atoms with van der Waals surface area (Å²) >= 11 is 0. The monoisotopic (exact) mass is 146 g/mol. The van der Waals surface area contributed by atoms with Gasteiger partial charge in [0.2, 0.25) is 0 Å². The van der Waals surface area contributed by atoms with Crippen molar-refractivity contribution < 1.29 is 33.8 Å². The van der Waals surface area contributed by atoms with Crippen LogP contribution in [0, 0.1) is 0 Å². The minimum Gasteiger partial charge on any atom is -0.326 e. The Morgan fingerprint density at radius 3 is 1.40 bits per heavy atom. The van der Waals surface area contributed by atoms with Crippen molar-refractivity contribution in [3.8, 4) is 0 Å². The zero-order chi connectivity index (χ0) is 3.58. The van der Waals surface area contributed by atoms with Crippen LogP contribution < -0.4 is 0 Å². The van der Waals surface area contributed by atoms with Gasteiger partial charge in [-0.25, -0.2) is 0 Å². The summed E-state index contributed by atoms with van der Waals surface area (Å²) in [6, 6.07) is 0. The second-order valence-corrected chi connectivity index (χ2v) is 0.848. The van der Waals surface area contributed by atoms with Gasteiger partial charge in [0.05, 0.1) is 0 Å². The molecule has 0 rings (SSSR count). The largest absolute Gasteiger partial charge is 0.326 e. The first-order valence-electron chi connectivity index (χ1n) is 0.651. The molecule has 0 spiro atoms. The molecule has 0 saturated carbocycles. The van der Waals surface area contributed by atoms with Crippen LogP contribution in [0.25, 0.3) is 0 Å². The van der Waals surface area contributed by atoms with Crippen LogP contribution in [0.2, 0.25) is 0 Å². The second kappa shape index (κ2) is 4.77. The number of hydrogen-bond acceptors (Lipinski definition) is 1. The van der Waals surface area contributed by atoms with E-state index in [4.69, 9.17) is 14.4 Å². The van der Waals surface area contributed by atoms with Crippen molar-refractivity contribution in [1.82, 2.24) is 0 Å². The summed E-state index contributed by atoms with van der Waals surface area (Å²) in [4.78, 5) is 14.3. The van der Waals surface area contributed by atoms with Crippen molar-refractivity contribution in [2.75, 3.05) is 0 Å². The van der Waals surface area contributed by atoms with Crippen LogP contribution in [-0.2, 0) is 24.0 Å². The average molecular weight is 147 g/mol. The van der Waals surface area contributed by atoms with Gasteiger partial charge >= 0.3 is 8.25 Å². The molecule has 0 radical (unpaired) electrons. The zero-order valence-corrected chi connectivity index (χ0v) is 6.48. The van der Waals surface area contributed by atoms with Gasteiger partial charge in [-0.15, -0.1) is 0 Å². The van der Waals surface area contributed by atoms with E-state index >= 15 is 0 Å². The molecule has 0 aliphatic rings. The molecular formula is H3O3PZn. The van der Waals surface area contributed by atoms with Gasteiger partial charge in [-0.2, -0.15) is 0 Å². The van der Waals surface area contributed by atoms with Crippen LogP contribution in [0.4, 0.5) is 0 Å². The van der Waals surface area contributed by atoms with E-state index in [1.807, 2.05) is 0 Å². The molecule has 0 saturated heterocycles. The second-order valence-electron chi connectivity index (χ2n) is 0.283. The van der Waals surface area contributed by atoms with Crippen LogP contribution in [0.3, 0.4) is 0 Å². The normalized spacial score (nSPS) is 7.00. The van der Waals surface area contributed by atoms with Crippen LogP contribution in [0.5, 0.6) is 0 Å². The maximum absolute atomic E-state index is 8.74. The topological polar surface area (TPSA) is 57.5 Å². The quantitative estimate of drug-likeness (QED) is 0.354. The maximum atomic E-state index is 8.74. The van der Waals surface area contributed by atoms with E-state index in [0.29, 0.717) is 0 Å². The predicted molar refractivity (Wildman–Crippen MR) is 13.4 cm³/mol. The third kappa shape index (κ3) is 61.4. The number of rotatable bonds is 0. The third-order valence-corrected chi connectivity index (χ3v) is 0. The average Bonchev–Trinajstić information content (AvgIpc) is 0.811. The number of hydrogen-bond donors (Lipinski definition) is 2. The van der Waals surface area contributed by atoms with E-state index < -0.39 is 8.25 Å². The first-order chi connectivity index (χ1) is 1.73. The summed E-state index contributed by atoms with van der Waals surface area (Å²) in [5.74, 6) is 0. The summed E-state index contributed by atoms with van der Waals surface area (Å²) < 4.78 is 8.74. The molecule has 2 N–H and O–H groups in total. The summed E-state index contributed by atoms with van der Waals surface area (Å²) in [7, 11) is -3.13. The van der Waals surface area contributed by atoms with Crippen molar-refractivity contribution in [2.24, 2.45) is 0 Å². The predicted octanol–water partition coefficient (Wildman–Crippen LogP) is -0.642. The Hall–Kier alpha value is 0.773. The van der Waals surface area contributed by atoms with Gasteiger partial charge in [-0.1, -0.05) is 0 Å². The molecule has 0 aromatic heterocycles. The molecule has 28 valence electrons. The minimum atomic E-state index is -3.13. The Balaban J connectivity index is 0. The first-order valence-corrected chi connectivity index (χ1v) is 1.95. The molecule has 5 heteroatoms. The molecule has 0 heterocycles. The van der Waals surface area contributed by atoms with Gasteiger partial charge in [0.25, 0.3) is 0 Å². The molecule has 5 heavy (non-hydrogen) atoms. The summed E-state index contributed by atoms with van der Waals surface area (Å²) in [6.07, 6.45) is 0. The minimum absolute atomic E-state index is 0. The fourth-order valence-corrected chi connectivity index (χ4v) is 0. The fraction of sp³-hybridized carbons (Fsp3) is 0. The van der Waals surface area contributed by atoms with E-state index in [1.165, 1.54) is 0 Å². The molecule has 0 fully saturated rings. The Kier molecular flexibility index (Phi) is 8.82. The molecule has 0 unspecified atom stereocenters. The van der Waals surface area contributed by atoms with E-state index in [0.717, 1.165) is 0 Å². The molecule has 0 aromatic carbocycles. The van der Waals surface area contributed by atoms with Gasteiger partial charge in [-0.3, -0.25) is 4.57 Å². The third-order valence-electron chi connectivity index (χ3n) is 0. The van der Waals surface area contributed by atoms with E-state index in [1.54, 1.807) is 0 Å². The van der Waals surface area contributed by atoms with Crippen LogP contribution in [-0.4, -0.2) is 9.79 Å². The van der Waals surface area contributed by atoms with Gasteiger partial charge in [-0.05, 0) is 0 Å². The molecule has 0 aromatic rings. The fourth-order valence-electron chi connectivity index (χ4n) is 0. The van der Waals surface area contributed by atoms with E-state index in [9.17, 15) is 0 Å². The summed E-state index contributed by atoms with van der Waals surface area (Å²) in [5.41, 5.74) is 0. The Morgan fingerprint density at radius 1 is 1.40 bits per heavy atom. The standard InChI is InChI=1S/H3O3P.Zn/c1-4(2)3;/h4H,(H2,1,2,3);. The molecule has 0 aliphatic carbocycles. The molecule has 0 amide bonds. The van der Waals surface area contributed by atoms with Gasteiger partial charge in [0, 0.05) is 19.5 Å². The SMILES string of the molecule is O=[PH](O)O.[Zn]. The molecule has 3 nitrogen and oxygen atoms in total. The van der Waals surface area contributed by atoms with Crippen LogP contribution in [0.1, 0.15) is 0 Å². The first kappa shape index (κ1) is 9.24. The van der Waals surface area contributed by atoms with Crippen molar-refractivity contribution in [3.05, 3.63) is 0 Å². The summed E-state index contributed by atoms with van der Waals surface area (Å²) in [6.45, 7) is 0. The van der Waals surface area contributed by atoms with Crippen LogP contribution >= 0.6 is 8.25 Å². The molecule has 0 bridgehead atoms. The summed E-state index contributed by atoms with van der Waals surface area (Å²) in [5, 5.41) is 0. The Labute approximate surface area is 42.7 Å². The van der Waals surface area contributed by atoms with Crippen molar-refractivity contribution in [2.45, 2.75) is 0 Å². The van der Waals surface area contributed by atoms with Crippen molar-refractivity contribution in [3.63, 3.8) is 0 Å². The molecular weight excluding hydrogens is 144 g/mol. The van der Waals surface area contributed by atoms with Gasteiger partial charge in [0.1, 0.15) is 0 Å². The smallest absolute Gasteiger partial charge is 0.314 e. The molecule has 0 aliphatic heterocycles. The van der Waals surface area contributed by atoms with Crippen molar-refractivity contribution >= 4 is 8.25 Å². The maximum Gasteiger partial charge on any atom is 0.314 e. The van der Waals surface area contributed by atoms with Crippen molar-refractivity contribution in [1.29, 1.82) is 0 Å². The van der Waals surface area contributed by atoms with Gasteiger partial charge < -0.3 is 9.79 Å². The van der Waals surface area contributed by atoms with E-state index in [2.05, 4.69) is 0 Å².